The second-order valence-corrected chi connectivity index (χ2v) is 5.91. The first kappa shape index (κ1) is 18.6. The van der Waals surface area contributed by atoms with Gasteiger partial charge in [-0.05, 0) is 0 Å². The van der Waals surface area contributed by atoms with E-state index in [9.17, 15) is 0 Å². The number of allylic oxidation sites excluding steroid dienone is 4. The maximum atomic E-state index is 2.43. The molecule has 16 heavy (non-hydrogen) atoms. The zero-order valence-corrected chi connectivity index (χ0v) is 13.3. The minimum atomic E-state index is 0. The molecule has 0 heterocycles. The summed E-state index contributed by atoms with van der Waals surface area (Å²) in [6, 6.07) is 0. The molecule has 0 amide bonds. The van der Waals surface area contributed by atoms with Crippen molar-refractivity contribution in [3.05, 3.63) is 20.0 Å². The molecule has 1 aliphatic carbocycles. The first-order valence-electron chi connectivity index (χ1n) is 5.56. The molecule has 3 heteroatoms. The predicted molar refractivity (Wildman–Crippen MR) is 58.7 cm³/mol. The molecule has 91 valence electrons. The normalized spacial score (nSPS) is 24.4. The van der Waals surface area contributed by atoms with Gasteiger partial charge in [0.2, 0.25) is 0 Å². The maximum Gasteiger partial charge on any atom is -1.00 e. The fourth-order valence-electron chi connectivity index (χ4n) is 2.33. The van der Waals surface area contributed by atoms with E-state index in [-0.39, 0.29) is 9.41 Å². The topological polar surface area (TPSA) is 0 Å². The second-order valence-electron chi connectivity index (χ2n) is 4.69. The fourth-order valence-corrected chi connectivity index (χ4v) is 3.56. The van der Waals surface area contributed by atoms with Gasteiger partial charge in [0.05, 0.1) is 0 Å². The minimum absolute atomic E-state index is 0. The smallest absolute Gasteiger partial charge is 1.00 e. The average molecular weight is 307 g/mol. The van der Waals surface area contributed by atoms with Gasteiger partial charge in [-0.15, -0.1) is 0 Å². The van der Waals surface area contributed by atoms with Gasteiger partial charge in [-0.1, -0.05) is 0 Å². The van der Waals surface area contributed by atoms with Gasteiger partial charge in [0, 0.05) is 0 Å². The zero-order valence-electron chi connectivity index (χ0n) is 10.9. The van der Waals surface area contributed by atoms with Crippen LogP contribution in [-0.4, -0.2) is 0 Å². The van der Waals surface area contributed by atoms with Crippen molar-refractivity contribution in [3.8, 4) is 0 Å². The van der Waals surface area contributed by atoms with Crippen molar-refractivity contribution in [2.24, 2.45) is 5.41 Å². The SMILES string of the molecule is CCCCC1(C)C(C)=C(C)C(C)=[C]1[Zr+2].[F-].[F-]. The van der Waals surface area contributed by atoms with Gasteiger partial charge in [-0.25, -0.2) is 0 Å². The van der Waals surface area contributed by atoms with Crippen molar-refractivity contribution in [1.82, 2.24) is 0 Å². The molecule has 0 aliphatic heterocycles. The number of unbranched alkanes of at least 4 members (excludes halogenated alkanes) is 1. The van der Waals surface area contributed by atoms with Gasteiger partial charge >= 0.3 is 104 Å². The molecule has 0 saturated heterocycles. The number of halogens is 2. The van der Waals surface area contributed by atoms with E-state index in [2.05, 4.69) is 34.6 Å². The Bertz CT molecular complexity index is 279. The number of hydrogen-bond acceptors (Lipinski definition) is 0. The van der Waals surface area contributed by atoms with E-state index in [1.807, 2.05) is 0 Å². The van der Waals surface area contributed by atoms with Crippen LogP contribution in [-0.2, 0) is 24.7 Å². The van der Waals surface area contributed by atoms with E-state index in [4.69, 9.17) is 0 Å². The Morgan fingerprint density at radius 3 is 1.88 bits per heavy atom. The molecule has 0 saturated carbocycles. The summed E-state index contributed by atoms with van der Waals surface area (Å²) in [5.41, 5.74) is 5.15. The fraction of sp³-hybridized carbons (Fsp3) is 0.692. The van der Waals surface area contributed by atoms with Gasteiger partial charge in [-0.2, -0.15) is 0 Å². The van der Waals surface area contributed by atoms with Crippen LogP contribution >= 0.6 is 0 Å². The summed E-state index contributed by atoms with van der Waals surface area (Å²) in [5, 5.41) is 0. The van der Waals surface area contributed by atoms with Gasteiger partial charge in [0.15, 0.2) is 0 Å². The first-order chi connectivity index (χ1) is 6.45. The number of rotatable bonds is 3. The summed E-state index contributed by atoms with van der Waals surface area (Å²) >= 11 is 1.61. The summed E-state index contributed by atoms with van der Waals surface area (Å²) in [6.07, 6.45) is 4.00. The average Bonchev–Trinajstić information content (AvgIpc) is 2.32. The third-order valence-electron chi connectivity index (χ3n) is 3.91. The summed E-state index contributed by atoms with van der Waals surface area (Å²) in [5.74, 6) is 0. The van der Waals surface area contributed by atoms with Gasteiger partial charge in [0.1, 0.15) is 0 Å². The minimum Gasteiger partial charge on any atom is -1.00 e. The van der Waals surface area contributed by atoms with Crippen molar-refractivity contribution in [3.63, 3.8) is 0 Å². The molecule has 0 bridgehead atoms. The summed E-state index contributed by atoms with van der Waals surface area (Å²) < 4.78 is 1.69. The molecule has 0 N–H and O–H groups in total. The van der Waals surface area contributed by atoms with E-state index >= 15 is 0 Å². The van der Waals surface area contributed by atoms with Crippen molar-refractivity contribution in [1.29, 1.82) is 0 Å². The molecule has 0 aromatic carbocycles. The van der Waals surface area contributed by atoms with E-state index in [0.29, 0.717) is 5.41 Å². The van der Waals surface area contributed by atoms with Gasteiger partial charge in [-0.3, -0.25) is 0 Å². The molecule has 0 fully saturated rings. The van der Waals surface area contributed by atoms with E-state index < -0.39 is 0 Å². The third-order valence-corrected chi connectivity index (χ3v) is 6.19. The summed E-state index contributed by atoms with van der Waals surface area (Å²) in [7, 11) is 0. The molecule has 0 nitrogen and oxygen atoms in total. The molecule has 0 radical (unpaired) electrons. The van der Waals surface area contributed by atoms with Crippen LogP contribution < -0.4 is 9.41 Å². The van der Waals surface area contributed by atoms with Crippen LogP contribution in [0.2, 0.25) is 0 Å². The van der Waals surface area contributed by atoms with Crippen molar-refractivity contribution in [2.45, 2.75) is 53.9 Å². The van der Waals surface area contributed by atoms with E-state index in [0.717, 1.165) is 0 Å². The maximum absolute atomic E-state index is 2.43. The van der Waals surface area contributed by atoms with Gasteiger partial charge in [0.25, 0.3) is 0 Å². The predicted octanol–water partition coefficient (Wildman–Crippen LogP) is -1.64. The molecular weight excluding hydrogens is 285 g/mol. The molecule has 1 aliphatic rings. The molecule has 1 atom stereocenters. The Hall–Kier alpha value is 0.223. The molecular formula is C13H21F2Zr. The summed E-state index contributed by atoms with van der Waals surface area (Å²) in [4.78, 5) is 0. The van der Waals surface area contributed by atoms with Crippen molar-refractivity contribution in [2.75, 3.05) is 0 Å². The van der Waals surface area contributed by atoms with Gasteiger partial charge < -0.3 is 9.41 Å². The van der Waals surface area contributed by atoms with Crippen LogP contribution in [0.25, 0.3) is 0 Å². The quantitative estimate of drug-likeness (QED) is 0.587. The van der Waals surface area contributed by atoms with Crippen LogP contribution in [0.1, 0.15) is 53.9 Å². The van der Waals surface area contributed by atoms with E-state index in [1.54, 1.807) is 44.7 Å². The summed E-state index contributed by atoms with van der Waals surface area (Å²) in [6.45, 7) is 11.6. The first-order valence-corrected chi connectivity index (χ1v) is 6.79. The Labute approximate surface area is 113 Å². The van der Waals surface area contributed by atoms with Crippen molar-refractivity contribution < 1.29 is 34.1 Å². The molecule has 1 rings (SSSR count). The monoisotopic (exact) mass is 305 g/mol. The zero-order chi connectivity index (χ0) is 10.9. The Morgan fingerprint density at radius 2 is 1.56 bits per heavy atom. The van der Waals surface area contributed by atoms with Crippen LogP contribution in [0.5, 0.6) is 0 Å². The van der Waals surface area contributed by atoms with Crippen LogP contribution in [0, 0.1) is 5.41 Å². The van der Waals surface area contributed by atoms with Crippen molar-refractivity contribution >= 4 is 0 Å². The molecule has 1 unspecified atom stereocenters. The number of hydrogen-bond donors (Lipinski definition) is 0. The molecule has 0 aromatic rings. The van der Waals surface area contributed by atoms with Crippen LogP contribution in [0.3, 0.4) is 0 Å². The van der Waals surface area contributed by atoms with E-state index in [1.165, 1.54) is 19.3 Å². The Balaban J connectivity index is 0. The standard InChI is InChI=1S/C13H21.2FH.Zr/c1-6-7-8-13(5)9-10(2)11(3)12(13)4;;;/h6-8H2,1-5H3;2*1H;/q;;;+2/p-2. The van der Waals surface area contributed by atoms with Crippen LogP contribution in [0.4, 0.5) is 0 Å². The Kier molecular flexibility index (Phi) is 7.94. The largest absolute Gasteiger partial charge is 1.00 e. The Morgan fingerprint density at radius 1 is 1.06 bits per heavy atom. The second kappa shape index (κ2) is 6.84. The molecule has 0 aromatic heterocycles. The molecule has 0 spiro atoms. The van der Waals surface area contributed by atoms with Crippen LogP contribution in [0.15, 0.2) is 20.0 Å². The third kappa shape index (κ3) is 2.91.